The van der Waals surface area contributed by atoms with Gasteiger partial charge >= 0.3 is 0 Å². The van der Waals surface area contributed by atoms with Gasteiger partial charge in [0.1, 0.15) is 11.6 Å². The Labute approximate surface area is 120 Å². The molecule has 0 saturated carbocycles. The van der Waals surface area contributed by atoms with Gasteiger partial charge in [0.2, 0.25) is 0 Å². The first-order valence-corrected chi connectivity index (χ1v) is 7.14. The maximum atomic E-state index is 12.7. The molecule has 2 aromatic carbocycles. The van der Waals surface area contributed by atoms with Crippen molar-refractivity contribution in [2.24, 2.45) is 0 Å². The highest BCUT2D eigenvalue weighted by atomic mass is 35.5. The fourth-order valence-corrected chi connectivity index (χ4v) is 2.67. The van der Waals surface area contributed by atoms with Crippen molar-refractivity contribution in [2.45, 2.75) is 11.3 Å². The fraction of sp³-hybridized carbons (Fsp3) is 0.133. The largest absolute Gasteiger partial charge is 0.298 e. The summed E-state index contributed by atoms with van der Waals surface area (Å²) in [5.41, 5.74) is 0.832. The van der Waals surface area contributed by atoms with Crippen LogP contribution in [-0.4, -0.2) is 11.5 Å². The topological polar surface area (TPSA) is 17.1 Å². The number of hydrogen-bond acceptors (Lipinski definition) is 2. The van der Waals surface area contributed by atoms with E-state index in [9.17, 15) is 9.18 Å². The smallest absolute Gasteiger partial charge is 0.147 e. The van der Waals surface area contributed by atoms with Gasteiger partial charge in [0.25, 0.3) is 0 Å². The first kappa shape index (κ1) is 14.1. The van der Waals surface area contributed by atoms with E-state index >= 15 is 0 Å². The average molecular weight is 295 g/mol. The molecule has 2 aromatic rings. The molecule has 0 radical (unpaired) electrons. The van der Waals surface area contributed by atoms with Gasteiger partial charge < -0.3 is 0 Å². The fourth-order valence-electron chi connectivity index (χ4n) is 1.60. The normalized spacial score (nSPS) is 10.4. The zero-order valence-electron chi connectivity index (χ0n) is 10.1. The lowest BCUT2D eigenvalue weighted by atomic mass is 10.1. The highest BCUT2D eigenvalue weighted by molar-refractivity contribution is 8.00. The summed E-state index contributed by atoms with van der Waals surface area (Å²) < 4.78 is 12.7. The molecule has 0 amide bonds. The van der Waals surface area contributed by atoms with Crippen LogP contribution >= 0.6 is 23.4 Å². The molecule has 0 spiro atoms. The number of thioether (sulfide) groups is 1. The molecule has 4 heteroatoms. The number of ketones is 1. The Morgan fingerprint density at radius 3 is 2.58 bits per heavy atom. The molecule has 0 aliphatic heterocycles. The molecule has 0 aliphatic rings. The minimum absolute atomic E-state index is 0.108. The van der Waals surface area contributed by atoms with Gasteiger partial charge in [0.05, 0.1) is 5.75 Å². The van der Waals surface area contributed by atoms with Gasteiger partial charge in [-0.2, -0.15) is 0 Å². The highest BCUT2D eigenvalue weighted by Gasteiger charge is 2.05. The minimum Gasteiger partial charge on any atom is -0.298 e. The first-order chi connectivity index (χ1) is 9.13. The Morgan fingerprint density at radius 1 is 1.16 bits per heavy atom. The summed E-state index contributed by atoms with van der Waals surface area (Å²) in [5, 5.41) is 0.663. The number of Topliss-reactive ketones (excluding diaryl/α,β-unsaturated/α-hetero) is 1. The molecule has 0 heterocycles. The second-order valence-corrected chi connectivity index (χ2v) is 5.57. The number of rotatable bonds is 5. The molecular formula is C15H12ClFOS. The summed E-state index contributed by atoms with van der Waals surface area (Å²) in [6.07, 6.45) is 0.327. The average Bonchev–Trinajstić information content (AvgIpc) is 2.39. The Bertz CT molecular complexity index is 569. The van der Waals surface area contributed by atoms with Crippen molar-refractivity contribution < 1.29 is 9.18 Å². The molecule has 0 fully saturated rings. The van der Waals surface area contributed by atoms with Gasteiger partial charge in [0, 0.05) is 16.3 Å². The Balaban J connectivity index is 1.86. The number of benzene rings is 2. The van der Waals surface area contributed by atoms with Gasteiger partial charge in [-0.25, -0.2) is 4.39 Å². The van der Waals surface area contributed by atoms with Crippen LogP contribution < -0.4 is 0 Å². The van der Waals surface area contributed by atoms with E-state index in [1.165, 1.54) is 23.9 Å². The minimum atomic E-state index is -0.287. The van der Waals surface area contributed by atoms with Crippen molar-refractivity contribution in [1.29, 1.82) is 0 Å². The van der Waals surface area contributed by atoms with Crippen LogP contribution in [0.3, 0.4) is 0 Å². The lowest BCUT2D eigenvalue weighted by Crippen LogP contribution is -2.05. The summed E-state index contributed by atoms with van der Waals surface area (Å²) in [4.78, 5) is 12.8. The van der Waals surface area contributed by atoms with E-state index in [0.29, 0.717) is 17.2 Å². The summed E-state index contributed by atoms with van der Waals surface area (Å²) >= 11 is 7.33. The molecule has 98 valence electrons. The molecule has 0 saturated heterocycles. The molecule has 0 N–H and O–H groups in total. The molecule has 0 bridgehead atoms. The van der Waals surface area contributed by atoms with Gasteiger partial charge in [0.15, 0.2) is 0 Å². The molecule has 1 nitrogen and oxygen atoms in total. The molecule has 19 heavy (non-hydrogen) atoms. The van der Waals surface area contributed by atoms with Gasteiger partial charge in [-0.1, -0.05) is 29.8 Å². The van der Waals surface area contributed by atoms with Crippen LogP contribution in [0.1, 0.15) is 5.56 Å². The van der Waals surface area contributed by atoms with Crippen LogP contribution in [0.5, 0.6) is 0 Å². The van der Waals surface area contributed by atoms with E-state index in [1.54, 1.807) is 18.2 Å². The lowest BCUT2D eigenvalue weighted by molar-refractivity contribution is -0.116. The van der Waals surface area contributed by atoms with Crippen LogP contribution in [-0.2, 0) is 11.2 Å². The molecule has 0 aromatic heterocycles. The van der Waals surface area contributed by atoms with Crippen LogP contribution in [0.4, 0.5) is 4.39 Å². The van der Waals surface area contributed by atoms with Gasteiger partial charge in [-0.05, 0) is 35.9 Å². The Kier molecular flexibility index (Phi) is 5.00. The van der Waals surface area contributed by atoms with Gasteiger partial charge in [-0.15, -0.1) is 11.8 Å². The molecule has 0 unspecified atom stereocenters. The van der Waals surface area contributed by atoms with E-state index in [0.717, 1.165) is 10.5 Å². The van der Waals surface area contributed by atoms with Crippen LogP contribution in [0.25, 0.3) is 0 Å². The number of hydrogen-bond donors (Lipinski definition) is 0. The zero-order valence-corrected chi connectivity index (χ0v) is 11.7. The number of halogens is 2. The highest BCUT2D eigenvalue weighted by Crippen LogP contribution is 2.21. The van der Waals surface area contributed by atoms with Gasteiger partial charge in [-0.3, -0.25) is 4.79 Å². The predicted octanol–water partition coefficient (Wildman–Crippen LogP) is 4.38. The Hall–Kier alpha value is -1.32. The van der Waals surface area contributed by atoms with Crippen molar-refractivity contribution in [3.05, 3.63) is 64.9 Å². The quantitative estimate of drug-likeness (QED) is 0.761. The molecule has 0 aliphatic carbocycles. The van der Waals surface area contributed by atoms with E-state index in [-0.39, 0.29) is 11.6 Å². The summed E-state index contributed by atoms with van der Waals surface area (Å²) in [5.74, 6) is 0.207. The molecule has 2 rings (SSSR count). The van der Waals surface area contributed by atoms with Crippen molar-refractivity contribution in [2.75, 3.05) is 5.75 Å². The maximum absolute atomic E-state index is 12.7. The van der Waals surface area contributed by atoms with Crippen LogP contribution in [0.2, 0.25) is 5.02 Å². The first-order valence-electron chi connectivity index (χ1n) is 5.78. The van der Waals surface area contributed by atoms with Crippen molar-refractivity contribution in [3.63, 3.8) is 0 Å². The second kappa shape index (κ2) is 6.73. The third-order valence-electron chi connectivity index (χ3n) is 2.51. The zero-order chi connectivity index (χ0) is 13.7. The standard InChI is InChI=1S/C15H12ClFOS/c16-12-2-1-3-15(9-12)19-10-14(18)8-11-4-6-13(17)7-5-11/h1-7,9H,8,10H2. The third kappa shape index (κ3) is 4.69. The van der Waals surface area contributed by atoms with E-state index in [2.05, 4.69) is 0 Å². The Morgan fingerprint density at radius 2 is 1.89 bits per heavy atom. The van der Waals surface area contributed by atoms with Crippen molar-refractivity contribution in [1.82, 2.24) is 0 Å². The molecule has 0 atom stereocenters. The predicted molar refractivity (Wildman–Crippen MR) is 77.3 cm³/mol. The van der Waals surface area contributed by atoms with E-state index in [1.807, 2.05) is 18.2 Å². The SMILES string of the molecule is O=C(CSc1cccc(Cl)c1)Cc1ccc(F)cc1. The van der Waals surface area contributed by atoms with Crippen molar-refractivity contribution in [3.8, 4) is 0 Å². The monoisotopic (exact) mass is 294 g/mol. The third-order valence-corrected chi connectivity index (χ3v) is 3.80. The summed E-state index contributed by atoms with van der Waals surface area (Å²) in [6.45, 7) is 0. The molecular weight excluding hydrogens is 283 g/mol. The lowest BCUT2D eigenvalue weighted by Gasteiger charge is -2.02. The maximum Gasteiger partial charge on any atom is 0.147 e. The summed E-state index contributed by atoms with van der Waals surface area (Å²) in [6, 6.07) is 13.4. The summed E-state index contributed by atoms with van der Waals surface area (Å²) in [7, 11) is 0. The van der Waals surface area contributed by atoms with Crippen molar-refractivity contribution >= 4 is 29.1 Å². The van der Waals surface area contributed by atoms with E-state index < -0.39 is 0 Å². The number of carbonyl (C=O) groups excluding carboxylic acids is 1. The second-order valence-electron chi connectivity index (χ2n) is 4.09. The van der Waals surface area contributed by atoms with Crippen LogP contribution in [0.15, 0.2) is 53.4 Å². The van der Waals surface area contributed by atoms with E-state index in [4.69, 9.17) is 11.6 Å². The van der Waals surface area contributed by atoms with Crippen LogP contribution in [0, 0.1) is 5.82 Å². The number of carbonyl (C=O) groups is 1.